The Morgan fingerprint density at radius 3 is 2.49 bits per heavy atom. The van der Waals surface area contributed by atoms with Gasteiger partial charge in [0.25, 0.3) is 0 Å². The van der Waals surface area contributed by atoms with Crippen LogP contribution in [-0.2, 0) is 9.53 Å². The smallest absolute Gasteiger partial charge is 0.407 e. The number of ether oxygens (including phenoxy) is 1. The number of H-pyrrole nitrogens is 2. The zero-order valence-corrected chi connectivity index (χ0v) is 26.6. The van der Waals surface area contributed by atoms with E-state index in [4.69, 9.17) is 9.72 Å². The molecule has 0 aliphatic carbocycles. The average Bonchev–Trinajstić information content (AvgIpc) is 3.88. The predicted molar refractivity (Wildman–Crippen MR) is 184 cm³/mol. The van der Waals surface area contributed by atoms with Gasteiger partial charge in [-0.3, -0.25) is 4.79 Å². The Labute approximate surface area is 272 Å². The number of para-hydroxylation sites is 1. The molecule has 1 fully saturated rings. The minimum atomic E-state index is -0.672. The van der Waals surface area contributed by atoms with Crippen LogP contribution in [0.2, 0.25) is 0 Å². The zero-order valence-electron chi connectivity index (χ0n) is 26.6. The molecule has 238 valence electrons. The third kappa shape index (κ3) is 5.90. The molecule has 0 saturated carbocycles. The summed E-state index contributed by atoms with van der Waals surface area (Å²) in [5.74, 6) is 0.531. The molecule has 1 aliphatic rings. The van der Waals surface area contributed by atoms with Gasteiger partial charge in [0, 0.05) is 23.4 Å². The van der Waals surface area contributed by atoms with Gasteiger partial charge in [-0.1, -0.05) is 62.4 Å². The van der Waals surface area contributed by atoms with E-state index in [0.717, 1.165) is 74.2 Å². The molecule has 2 unspecified atom stereocenters. The second-order valence-electron chi connectivity index (χ2n) is 12.3. The number of nitrogens with zero attached hydrogens (tertiary/aromatic N) is 3. The number of rotatable bonds is 8. The Hall–Kier alpha value is -5.64. The number of benzene rings is 4. The third-order valence-corrected chi connectivity index (χ3v) is 8.94. The van der Waals surface area contributed by atoms with Crippen molar-refractivity contribution < 1.29 is 14.3 Å². The number of likely N-dealkylation sites (tertiary alicyclic amines) is 1. The fourth-order valence-electron chi connectivity index (χ4n) is 6.47. The fourth-order valence-corrected chi connectivity index (χ4v) is 6.47. The predicted octanol–water partition coefficient (Wildman–Crippen LogP) is 7.56. The molecule has 4 aromatic carbocycles. The molecule has 0 radical (unpaired) electrons. The van der Waals surface area contributed by atoms with Gasteiger partial charge >= 0.3 is 6.09 Å². The number of methoxy groups -OCH3 is 1. The van der Waals surface area contributed by atoms with E-state index in [1.165, 1.54) is 7.11 Å². The molecule has 7 rings (SSSR count). The van der Waals surface area contributed by atoms with E-state index < -0.39 is 12.1 Å². The van der Waals surface area contributed by atoms with Crippen LogP contribution < -0.4 is 10.6 Å². The van der Waals surface area contributed by atoms with Gasteiger partial charge in [0.05, 0.1) is 42.6 Å². The van der Waals surface area contributed by atoms with Gasteiger partial charge in [0.2, 0.25) is 5.91 Å². The van der Waals surface area contributed by atoms with E-state index in [2.05, 4.69) is 74.1 Å². The number of imidazole rings is 2. The average molecular weight is 628 g/mol. The van der Waals surface area contributed by atoms with Crippen LogP contribution in [0.3, 0.4) is 0 Å². The van der Waals surface area contributed by atoms with Gasteiger partial charge in [-0.15, -0.1) is 0 Å². The van der Waals surface area contributed by atoms with Gasteiger partial charge in [-0.05, 0) is 65.4 Å². The van der Waals surface area contributed by atoms with Crippen molar-refractivity contribution in [2.24, 2.45) is 5.92 Å². The number of fused-ring (bicyclic) bond motifs is 2. The summed E-state index contributed by atoms with van der Waals surface area (Å²) >= 11 is 0. The van der Waals surface area contributed by atoms with Crippen molar-refractivity contribution in [3.05, 3.63) is 97.2 Å². The molecular formula is C37H37N7O3. The second kappa shape index (κ2) is 12.6. The number of hydrogen-bond donors (Lipinski definition) is 4. The molecule has 1 aliphatic heterocycles. The van der Waals surface area contributed by atoms with Crippen molar-refractivity contribution >= 4 is 45.2 Å². The number of aromatic amines is 2. The van der Waals surface area contributed by atoms with Gasteiger partial charge < -0.3 is 30.2 Å². The Kier molecular flexibility index (Phi) is 8.07. The lowest BCUT2D eigenvalue weighted by Gasteiger charge is -2.30. The maximum Gasteiger partial charge on any atom is 0.407 e. The minimum Gasteiger partial charge on any atom is -0.453 e. The first-order valence-electron chi connectivity index (χ1n) is 15.9. The highest BCUT2D eigenvalue weighted by Crippen LogP contribution is 2.38. The molecule has 2 atom stereocenters. The van der Waals surface area contributed by atoms with Crippen LogP contribution in [0, 0.1) is 5.92 Å². The van der Waals surface area contributed by atoms with E-state index in [1.54, 1.807) is 6.33 Å². The van der Waals surface area contributed by atoms with Crippen LogP contribution in [0.1, 0.15) is 38.6 Å². The Bertz CT molecular complexity index is 2070. The molecule has 2 amide bonds. The fraction of sp³-hybridized carbons (Fsp3) is 0.243. The summed E-state index contributed by atoms with van der Waals surface area (Å²) in [6.45, 7) is 4.44. The normalized spacial score (nSPS) is 15.3. The van der Waals surface area contributed by atoms with E-state index in [0.29, 0.717) is 6.54 Å². The summed E-state index contributed by atoms with van der Waals surface area (Å²) < 4.78 is 4.76. The first-order valence-corrected chi connectivity index (χ1v) is 15.9. The zero-order chi connectivity index (χ0) is 32.5. The Balaban J connectivity index is 1.15. The lowest BCUT2D eigenvalue weighted by atomic mass is 9.97. The highest BCUT2D eigenvalue weighted by atomic mass is 16.5. The number of alkyl carbamates (subject to hydrolysis) is 1. The van der Waals surface area contributed by atoms with Crippen molar-refractivity contribution in [3.8, 4) is 22.4 Å². The van der Waals surface area contributed by atoms with Crippen molar-refractivity contribution in [1.82, 2.24) is 30.2 Å². The van der Waals surface area contributed by atoms with Gasteiger partial charge in [0.15, 0.2) is 0 Å². The molecule has 1 saturated heterocycles. The summed E-state index contributed by atoms with van der Waals surface area (Å²) in [5.41, 5.74) is 7.86. The molecule has 6 aromatic rings. The van der Waals surface area contributed by atoms with E-state index in [9.17, 15) is 9.59 Å². The van der Waals surface area contributed by atoms with Crippen LogP contribution in [0.15, 0.2) is 91.4 Å². The van der Waals surface area contributed by atoms with Crippen molar-refractivity contribution in [2.45, 2.75) is 38.8 Å². The molecule has 3 heterocycles. The van der Waals surface area contributed by atoms with E-state index >= 15 is 0 Å². The number of hydrogen-bond acceptors (Lipinski definition) is 6. The number of anilines is 2. The number of aromatic nitrogens is 4. The lowest BCUT2D eigenvalue weighted by Crippen LogP contribution is -2.51. The molecule has 10 heteroatoms. The maximum absolute atomic E-state index is 13.5. The number of amides is 2. The highest BCUT2D eigenvalue weighted by molar-refractivity contribution is 6.01. The number of nitrogens with one attached hydrogen (secondary N) is 4. The van der Waals surface area contributed by atoms with Gasteiger partial charge in [-0.2, -0.15) is 0 Å². The largest absolute Gasteiger partial charge is 0.453 e. The monoisotopic (exact) mass is 627 g/mol. The van der Waals surface area contributed by atoms with Crippen LogP contribution in [0.25, 0.3) is 44.2 Å². The summed E-state index contributed by atoms with van der Waals surface area (Å²) in [4.78, 5) is 43.3. The van der Waals surface area contributed by atoms with Crippen LogP contribution >= 0.6 is 0 Å². The first kappa shape index (κ1) is 30.0. The summed E-state index contributed by atoms with van der Waals surface area (Å²) in [6.07, 6.45) is 4.61. The maximum atomic E-state index is 13.5. The number of carbonyl (C=O) groups excluding carboxylic acids is 2. The van der Waals surface area contributed by atoms with Crippen molar-refractivity contribution in [1.29, 1.82) is 0 Å². The Morgan fingerprint density at radius 2 is 1.72 bits per heavy atom. The highest BCUT2D eigenvalue weighted by Gasteiger charge is 2.37. The van der Waals surface area contributed by atoms with Crippen molar-refractivity contribution in [2.75, 3.05) is 19.0 Å². The lowest BCUT2D eigenvalue weighted by molar-refractivity contribution is -0.135. The standard InChI is InChI=1S/C37H37N7O3/c1-22(2)32(43-37(46)47-3)36(45)44-17-7-10-31(44)35-38-20-30(42-35)26-14-12-23-18-25(13-11-24(23)19-26)28-15-16-29-34(40-21-39-29)33(28)41-27-8-5-4-6-9-27/h4-6,8-9,11-16,18-22,31-32,41H,7,10,17H2,1-3H3,(H,38,42)(H,39,40)(H,43,46). The molecule has 0 spiro atoms. The molecule has 4 N–H and O–H groups in total. The summed E-state index contributed by atoms with van der Waals surface area (Å²) in [6, 6.07) is 26.3. The minimum absolute atomic E-state index is 0.0898. The first-order chi connectivity index (χ1) is 22.9. The van der Waals surface area contributed by atoms with E-state index in [1.807, 2.05) is 55.3 Å². The molecule has 2 aromatic heterocycles. The van der Waals surface area contributed by atoms with Crippen LogP contribution in [0.5, 0.6) is 0 Å². The molecular weight excluding hydrogens is 590 g/mol. The van der Waals surface area contributed by atoms with Crippen LogP contribution in [-0.4, -0.2) is 56.5 Å². The summed E-state index contributed by atoms with van der Waals surface area (Å²) in [5, 5.41) is 8.52. The van der Waals surface area contributed by atoms with Gasteiger partial charge in [0.1, 0.15) is 17.4 Å². The summed E-state index contributed by atoms with van der Waals surface area (Å²) in [7, 11) is 1.30. The molecule has 10 nitrogen and oxygen atoms in total. The number of carbonyl (C=O) groups is 2. The topological polar surface area (TPSA) is 128 Å². The van der Waals surface area contributed by atoms with E-state index in [-0.39, 0.29) is 17.9 Å². The SMILES string of the molecule is COC(=O)NC(C(=O)N1CCCC1c1ncc(-c2ccc3cc(-c4ccc5[nH]cnc5c4Nc4ccccc4)ccc3c2)[nH]1)C(C)C. The second-order valence-corrected chi connectivity index (χ2v) is 12.3. The molecule has 0 bridgehead atoms. The van der Waals surface area contributed by atoms with Crippen molar-refractivity contribution in [3.63, 3.8) is 0 Å². The quantitative estimate of drug-likeness (QED) is 0.138. The Morgan fingerprint density at radius 1 is 0.957 bits per heavy atom. The third-order valence-electron chi connectivity index (χ3n) is 8.94. The van der Waals surface area contributed by atoms with Crippen LogP contribution in [0.4, 0.5) is 16.2 Å². The molecule has 47 heavy (non-hydrogen) atoms. The van der Waals surface area contributed by atoms with Gasteiger partial charge in [-0.25, -0.2) is 14.8 Å².